The highest BCUT2D eigenvalue weighted by Gasteiger charge is 2.32. The van der Waals surface area contributed by atoms with E-state index in [4.69, 9.17) is 9.47 Å². The van der Waals surface area contributed by atoms with Crippen LogP contribution in [0, 0.1) is 5.82 Å². The normalized spacial score (nSPS) is 16.6. The molecule has 1 aromatic carbocycles. The van der Waals surface area contributed by atoms with Crippen molar-refractivity contribution < 1.29 is 18.7 Å². The lowest BCUT2D eigenvalue weighted by molar-refractivity contribution is -0.138. The zero-order valence-electron chi connectivity index (χ0n) is 14.4. The molecule has 134 valence electrons. The van der Waals surface area contributed by atoms with Gasteiger partial charge < -0.3 is 18.9 Å². The van der Waals surface area contributed by atoms with Crippen molar-refractivity contribution in [1.29, 1.82) is 0 Å². The van der Waals surface area contributed by atoms with E-state index in [-0.39, 0.29) is 24.4 Å². The molecule has 0 saturated carbocycles. The molecular formula is C18H22FN3O3. The number of amides is 1. The molecule has 2 heterocycles. The summed E-state index contributed by atoms with van der Waals surface area (Å²) in [5.74, 6) is -0.00820. The average Bonchev–Trinajstić information content (AvgIpc) is 2.98. The summed E-state index contributed by atoms with van der Waals surface area (Å²) in [6.45, 7) is 3.35. The number of aryl methyl sites for hydroxylation is 1. The number of imidazole rings is 1. The third kappa shape index (κ3) is 3.99. The van der Waals surface area contributed by atoms with Crippen LogP contribution in [0.1, 0.15) is 18.3 Å². The minimum absolute atomic E-state index is 0.0489. The van der Waals surface area contributed by atoms with Crippen LogP contribution in [0.5, 0.6) is 5.75 Å². The molecule has 0 N–H and O–H groups in total. The van der Waals surface area contributed by atoms with Gasteiger partial charge in [-0.2, -0.15) is 0 Å². The number of carbonyl (C=O) groups excluding carboxylic acids is 1. The molecule has 0 saturated heterocycles. The van der Waals surface area contributed by atoms with E-state index in [0.29, 0.717) is 31.9 Å². The van der Waals surface area contributed by atoms with Crippen molar-refractivity contribution in [2.75, 3.05) is 19.8 Å². The van der Waals surface area contributed by atoms with E-state index in [1.807, 2.05) is 18.5 Å². The van der Waals surface area contributed by atoms with Crippen molar-refractivity contribution >= 4 is 5.91 Å². The summed E-state index contributed by atoms with van der Waals surface area (Å²) in [5, 5.41) is 0. The lowest BCUT2D eigenvalue weighted by atomic mass is 10.0. The van der Waals surface area contributed by atoms with Crippen molar-refractivity contribution in [3.05, 3.63) is 47.8 Å². The maximum Gasteiger partial charge on any atom is 0.261 e. The molecule has 0 aliphatic carbocycles. The Labute approximate surface area is 146 Å². The summed E-state index contributed by atoms with van der Waals surface area (Å²) in [4.78, 5) is 18.8. The lowest BCUT2D eigenvalue weighted by Crippen LogP contribution is -2.48. The van der Waals surface area contributed by atoms with Gasteiger partial charge in [0.05, 0.1) is 31.2 Å². The first kappa shape index (κ1) is 17.4. The molecule has 1 aromatic heterocycles. The van der Waals surface area contributed by atoms with Gasteiger partial charge in [-0.05, 0) is 31.2 Å². The summed E-state index contributed by atoms with van der Waals surface area (Å²) >= 11 is 0. The Morgan fingerprint density at radius 1 is 1.36 bits per heavy atom. The highest BCUT2D eigenvalue weighted by molar-refractivity contribution is 5.78. The van der Waals surface area contributed by atoms with E-state index in [1.54, 1.807) is 11.2 Å². The standard InChI is InChI=1S/C18H22FN3O3/c1-3-24-10-14-8-17-16(20-12-21(17)2)9-22(14)18(23)11-25-15-6-4-13(19)5-7-15/h4-7,12,14H,3,8-11H2,1-2H3. The molecule has 6 nitrogen and oxygen atoms in total. The molecule has 1 amide bonds. The number of ether oxygens (including phenoxy) is 2. The minimum atomic E-state index is -0.339. The van der Waals surface area contributed by atoms with Crippen LogP contribution >= 0.6 is 0 Å². The Kier molecular flexibility index (Phi) is 5.33. The van der Waals surface area contributed by atoms with E-state index >= 15 is 0 Å². The van der Waals surface area contributed by atoms with Crippen molar-refractivity contribution in [2.24, 2.45) is 7.05 Å². The van der Waals surface area contributed by atoms with Crippen LogP contribution in [0.4, 0.5) is 4.39 Å². The van der Waals surface area contributed by atoms with E-state index in [1.165, 1.54) is 24.3 Å². The SMILES string of the molecule is CCOCC1Cc2c(ncn2C)CN1C(=O)COc1ccc(F)cc1. The van der Waals surface area contributed by atoms with Gasteiger partial charge in [-0.1, -0.05) is 0 Å². The van der Waals surface area contributed by atoms with Crippen LogP contribution in [0.15, 0.2) is 30.6 Å². The molecular weight excluding hydrogens is 325 g/mol. The molecule has 25 heavy (non-hydrogen) atoms. The predicted octanol–water partition coefficient (Wildman–Crippen LogP) is 1.93. The first-order chi connectivity index (χ1) is 12.1. The number of nitrogens with zero attached hydrogens (tertiary/aromatic N) is 3. The smallest absolute Gasteiger partial charge is 0.261 e. The average molecular weight is 347 g/mol. The quantitative estimate of drug-likeness (QED) is 0.801. The molecule has 3 rings (SSSR count). The van der Waals surface area contributed by atoms with Crippen LogP contribution in [-0.2, 0) is 29.5 Å². The fourth-order valence-corrected chi connectivity index (χ4v) is 2.98. The largest absolute Gasteiger partial charge is 0.484 e. The summed E-state index contributed by atoms with van der Waals surface area (Å²) < 4.78 is 26.0. The van der Waals surface area contributed by atoms with Gasteiger partial charge in [0.1, 0.15) is 11.6 Å². The van der Waals surface area contributed by atoms with Crippen LogP contribution in [-0.4, -0.2) is 46.2 Å². The molecule has 7 heteroatoms. The van der Waals surface area contributed by atoms with Gasteiger partial charge in [0.2, 0.25) is 0 Å². The van der Waals surface area contributed by atoms with Gasteiger partial charge in [0.15, 0.2) is 6.61 Å². The second-order valence-electron chi connectivity index (χ2n) is 6.03. The molecule has 2 aromatic rings. The Balaban J connectivity index is 1.68. The van der Waals surface area contributed by atoms with Gasteiger partial charge >= 0.3 is 0 Å². The van der Waals surface area contributed by atoms with Crippen LogP contribution in [0.25, 0.3) is 0 Å². The topological polar surface area (TPSA) is 56.6 Å². The van der Waals surface area contributed by atoms with Crippen LogP contribution < -0.4 is 4.74 Å². The number of fused-ring (bicyclic) bond motifs is 1. The van der Waals surface area contributed by atoms with Gasteiger partial charge in [-0.3, -0.25) is 4.79 Å². The van der Waals surface area contributed by atoms with E-state index < -0.39 is 0 Å². The monoisotopic (exact) mass is 347 g/mol. The summed E-state index contributed by atoms with van der Waals surface area (Å²) in [7, 11) is 1.96. The Morgan fingerprint density at radius 2 is 2.12 bits per heavy atom. The van der Waals surface area contributed by atoms with Crippen LogP contribution in [0.2, 0.25) is 0 Å². The van der Waals surface area contributed by atoms with Crippen molar-refractivity contribution in [1.82, 2.24) is 14.5 Å². The molecule has 0 fully saturated rings. The van der Waals surface area contributed by atoms with Gasteiger partial charge in [0.25, 0.3) is 5.91 Å². The van der Waals surface area contributed by atoms with E-state index in [9.17, 15) is 9.18 Å². The number of rotatable bonds is 6. The second kappa shape index (κ2) is 7.65. The van der Waals surface area contributed by atoms with Crippen LogP contribution in [0.3, 0.4) is 0 Å². The lowest BCUT2D eigenvalue weighted by Gasteiger charge is -2.35. The molecule has 1 unspecified atom stereocenters. The van der Waals surface area contributed by atoms with E-state index in [0.717, 1.165) is 11.4 Å². The molecule has 0 bridgehead atoms. The first-order valence-corrected chi connectivity index (χ1v) is 8.33. The van der Waals surface area contributed by atoms with E-state index in [2.05, 4.69) is 4.98 Å². The van der Waals surface area contributed by atoms with Crippen molar-refractivity contribution in [3.63, 3.8) is 0 Å². The molecule has 1 aliphatic rings. The number of hydrogen-bond acceptors (Lipinski definition) is 4. The second-order valence-corrected chi connectivity index (χ2v) is 6.03. The van der Waals surface area contributed by atoms with Crippen molar-refractivity contribution in [3.8, 4) is 5.75 Å². The van der Waals surface area contributed by atoms with Crippen molar-refractivity contribution in [2.45, 2.75) is 25.9 Å². The first-order valence-electron chi connectivity index (χ1n) is 8.33. The highest BCUT2D eigenvalue weighted by atomic mass is 19.1. The van der Waals surface area contributed by atoms with Gasteiger partial charge in [-0.15, -0.1) is 0 Å². The molecule has 1 aliphatic heterocycles. The summed E-state index contributed by atoms with van der Waals surface area (Å²) in [6, 6.07) is 5.57. The maximum atomic E-state index is 12.9. The summed E-state index contributed by atoms with van der Waals surface area (Å²) in [6.07, 6.45) is 2.47. The zero-order valence-corrected chi connectivity index (χ0v) is 14.4. The molecule has 0 spiro atoms. The molecule has 1 atom stereocenters. The number of aromatic nitrogens is 2. The molecule has 0 radical (unpaired) electrons. The Morgan fingerprint density at radius 3 is 2.84 bits per heavy atom. The number of halogens is 1. The maximum absolute atomic E-state index is 12.9. The third-order valence-corrected chi connectivity index (χ3v) is 4.35. The Hall–Kier alpha value is -2.41. The Bertz CT molecular complexity index is 730. The fourth-order valence-electron chi connectivity index (χ4n) is 2.98. The third-order valence-electron chi connectivity index (χ3n) is 4.35. The minimum Gasteiger partial charge on any atom is -0.484 e. The fraction of sp³-hybridized carbons (Fsp3) is 0.444. The van der Waals surface area contributed by atoms with Gasteiger partial charge in [0, 0.05) is 25.8 Å². The number of carbonyl (C=O) groups is 1. The zero-order chi connectivity index (χ0) is 17.8. The number of benzene rings is 1. The number of hydrogen-bond donors (Lipinski definition) is 0. The summed E-state index contributed by atoms with van der Waals surface area (Å²) in [5.41, 5.74) is 2.04. The highest BCUT2D eigenvalue weighted by Crippen LogP contribution is 2.23. The predicted molar refractivity (Wildman–Crippen MR) is 89.6 cm³/mol. The van der Waals surface area contributed by atoms with Gasteiger partial charge in [-0.25, -0.2) is 9.37 Å².